The van der Waals surface area contributed by atoms with Crippen molar-refractivity contribution in [2.24, 2.45) is 0 Å². The Hall–Kier alpha value is -7.60. The summed E-state index contributed by atoms with van der Waals surface area (Å²) in [4.78, 5) is 14.7. The second-order valence-corrected chi connectivity index (χ2v) is 16.6. The monoisotopic (exact) mass is 804 g/mol. The first-order valence-corrected chi connectivity index (χ1v) is 19.4. The zero-order valence-corrected chi connectivity index (χ0v) is 33.1. The SMILES string of the molecule is CC1(c2cc(O)cc(O)c2)c2ccc([nH]2)C(C)(c2cc(O)cc(O)c2)c2ccc([nH]2)[C@](C)(c2cc(O)cc(O)c2)c2ccc([nH]2)[C@](C)(c2cc(O)cc(O)c2)c2ccc1[nH]2. The first-order chi connectivity index (χ1) is 28.4. The zero-order valence-electron chi connectivity index (χ0n) is 33.1. The molecule has 8 bridgehead atoms. The van der Waals surface area contributed by atoms with Gasteiger partial charge in [-0.25, -0.2) is 0 Å². The number of hydrogen-bond donors (Lipinski definition) is 12. The normalized spacial score (nSPS) is 22.5. The van der Waals surface area contributed by atoms with Gasteiger partial charge in [0.25, 0.3) is 0 Å². The molecule has 0 amide bonds. The smallest absolute Gasteiger partial charge is 0.119 e. The van der Waals surface area contributed by atoms with Crippen LogP contribution < -0.4 is 0 Å². The third-order valence-corrected chi connectivity index (χ3v) is 13.0. The van der Waals surface area contributed by atoms with Crippen LogP contribution in [0.25, 0.3) is 0 Å². The molecular formula is C48H44N4O8. The standard InChI is InChI=1S/C48H44N4O8/c1-45(25-13-29(53)21-30(54)14-25)37-5-7-39(49-37)46(2,26-15-31(55)22-32(56)16-26)41-9-11-43(51-41)48(4,28-19-35(59)24-36(60)20-28)44-12-10-42(52-44)47(3,40-8-6-38(45)50-40)27-17-33(57)23-34(58)18-27/h5-24,49-60H,1-4H3/t45-,46+,47?,48?. The lowest BCUT2D eigenvalue weighted by atomic mass is 9.76. The third kappa shape index (κ3) is 5.58. The molecule has 0 radical (unpaired) electrons. The Labute approximate surface area is 344 Å². The Morgan fingerprint density at radius 2 is 0.383 bits per heavy atom. The van der Waals surface area contributed by atoms with E-state index in [1.807, 2.05) is 76.2 Å². The number of H-pyrrole nitrogens is 4. The van der Waals surface area contributed by atoms with Crippen molar-refractivity contribution in [1.29, 1.82) is 0 Å². The van der Waals surface area contributed by atoms with Gasteiger partial charge in [0, 0.05) is 69.8 Å². The zero-order chi connectivity index (χ0) is 42.5. The minimum absolute atomic E-state index is 0.141. The molecule has 8 aromatic rings. The summed E-state index contributed by atoms with van der Waals surface area (Å²) in [6.45, 7) is 7.83. The van der Waals surface area contributed by atoms with E-state index in [2.05, 4.69) is 19.9 Å². The predicted molar refractivity (Wildman–Crippen MR) is 224 cm³/mol. The summed E-state index contributed by atoms with van der Waals surface area (Å²) in [5.74, 6) is -1.13. The van der Waals surface area contributed by atoms with E-state index in [1.54, 1.807) is 48.5 Å². The number of aromatic amines is 4. The summed E-state index contributed by atoms with van der Waals surface area (Å²) in [6.07, 6.45) is 0. The van der Waals surface area contributed by atoms with E-state index in [0.29, 0.717) is 67.8 Å². The Bertz CT molecular complexity index is 2410. The number of aromatic nitrogens is 4. The molecule has 5 heterocycles. The quantitative estimate of drug-likeness (QED) is 0.0826. The van der Waals surface area contributed by atoms with Gasteiger partial charge in [-0.1, -0.05) is 0 Å². The van der Waals surface area contributed by atoms with E-state index >= 15 is 0 Å². The average molecular weight is 805 g/mol. The molecule has 0 fully saturated rings. The number of nitrogens with one attached hydrogen (secondary N) is 4. The fraction of sp³-hybridized carbons (Fsp3) is 0.167. The van der Waals surface area contributed by atoms with Gasteiger partial charge in [0.15, 0.2) is 0 Å². The van der Waals surface area contributed by atoms with Crippen LogP contribution >= 0.6 is 0 Å². The van der Waals surface area contributed by atoms with E-state index < -0.39 is 21.7 Å². The Morgan fingerprint density at radius 1 is 0.250 bits per heavy atom. The van der Waals surface area contributed by atoms with Gasteiger partial charge in [-0.3, -0.25) is 0 Å². The molecule has 304 valence electrons. The van der Waals surface area contributed by atoms with Gasteiger partial charge in [0.1, 0.15) is 46.0 Å². The molecule has 12 nitrogen and oxygen atoms in total. The average Bonchev–Trinajstić information content (AvgIpc) is 4.02. The number of hydrogen-bond acceptors (Lipinski definition) is 8. The molecule has 9 rings (SSSR count). The van der Waals surface area contributed by atoms with Crippen LogP contribution in [-0.4, -0.2) is 60.8 Å². The van der Waals surface area contributed by atoms with Gasteiger partial charge in [0.05, 0.1) is 21.7 Å². The van der Waals surface area contributed by atoms with Crippen LogP contribution in [0.1, 0.15) is 95.5 Å². The molecule has 0 spiro atoms. The molecule has 1 aliphatic rings. The van der Waals surface area contributed by atoms with Crippen LogP contribution in [0.3, 0.4) is 0 Å². The fourth-order valence-corrected chi connectivity index (χ4v) is 9.27. The van der Waals surface area contributed by atoms with E-state index in [0.717, 1.165) is 0 Å². The summed E-state index contributed by atoms with van der Waals surface area (Å²) in [5, 5.41) is 86.8. The summed E-state index contributed by atoms with van der Waals surface area (Å²) >= 11 is 0. The van der Waals surface area contributed by atoms with Gasteiger partial charge < -0.3 is 60.8 Å². The van der Waals surface area contributed by atoms with E-state index in [1.165, 1.54) is 24.3 Å². The van der Waals surface area contributed by atoms with Crippen molar-refractivity contribution in [2.45, 2.75) is 49.4 Å². The molecule has 60 heavy (non-hydrogen) atoms. The lowest BCUT2D eigenvalue weighted by Gasteiger charge is -2.34. The van der Waals surface area contributed by atoms with E-state index in [-0.39, 0.29) is 46.0 Å². The molecule has 0 unspecified atom stereocenters. The number of phenolic OH excluding ortho intramolecular Hbond substituents is 8. The van der Waals surface area contributed by atoms with Crippen molar-refractivity contribution in [3.05, 3.63) is 189 Å². The molecule has 12 N–H and O–H groups in total. The summed E-state index contributed by atoms with van der Waals surface area (Å²) in [6, 6.07) is 33.1. The Morgan fingerprint density at radius 3 is 0.517 bits per heavy atom. The number of fused-ring (bicyclic) bond motifs is 8. The maximum absolute atomic E-state index is 10.8. The maximum Gasteiger partial charge on any atom is 0.119 e. The van der Waals surface area contributed by atoms with Crippen LogP contribution in [0.4, 0.5) is 0 Å². The molecule has 4 aromatic heterocycles. The van der Waals surface area contributed by atoms with Crippen LogP contribution in [0.5, 0.6) is 46.0 Å². The van der Waals surface area contributed by atoms with Crippen molar-refractivity contribution < 1.29 is 40.9 Å². The Kier molecular flexibility index (Phi) is 8.19. The van der Waals surface area contributed by atoms with Crippen LogP contribution in [0.2, 0.25) is 0 Å². The van der Waals surface area contributed by atoms with Crippen molar-refractivity contribution >= 4 is 0 Å². The number of rotatable bonds is 4. The van der Waals surface area contributed by atoms with Gasteiger partial charge in [0.2, 0.25) is 0 Å². The fourth-order valence-electron chi connectivity index (χ4n) is 9.27. The van der Waals surface area contributed by atoms with Crippen molar-refractivity contribution in [1.82, 2.24) is 19.9 Å². The van der Waals surface area contributed by atoms with Crippen LogP contribution in [-0.2, 0) is 21.7 Å². The molecule has 0 aliphatic carbocycles. The van der Waals surface area contributed by atoms with Crippen molar-refractivity contribution in [3.8, 4) is 46.0 Å². The topological polar surface area (TPSA) is 225 Å². The maximum atomic E-state index is 10.8. The number of phenols is 8. The minimum Gasteiger partial charge on any atom is -0.508 e. The molecule has 4 aromatic carbocycles. The minimum atomic E-state index is -1.11. The van der Waals surface area contributed by atoms with Crippen molar-refractivity contribution in [2.75, 3.05) is 0 Å². The predicted octanol–water partition coefficient (Wildman–Crippen LogP) is 8.37. The van der Waals surface area contributed by atoms with Gasteiger partial charge in [-0.2, -0.15) is 0 Å². The van der Waals surface area contributed by atoms with Gasteiger partial charge >= 0.3 is 0 Å². The Balaban J connectivity index is 1.41. The number of aromatic hydroxyl groups is 8. The third-order valence-electron chi connectivity index (χ3n) is 13.0. The van der Waals surface area contributed by atoms with E-state index in [4.69, 9.17) is 0 Å². The highest BCUT2D eigenvalue weighted by atomic mass is 16.3. The summed E-state index contributed by atoms with van der Waals surface area (Å²) < 4.78 is 0. The number of benzene rings is 4. The highest BCUT2D eigenvalue weighted by molar-refractivity contribution is 5.59. The lowest BCUT2D eigenvalue weighted by molar-refractivity contribution is 0.445. The first-order valence-electron chi connectivity index (χ1n) is 19.4. The molecule has 0 atom stereocenters. The summed E-state index contributed by atoms with van der Waals surface area (Å²) in [5.41, 5.74) is 3.02. The van der Waals surface area contributed by atoms with Crippen LogP contribution in [0.15, 0.2) is 121 Å². The molecule has 0 saturated heterocycles. The highest BCUT2D eigenvalue weighted by Gasteiger charge is 2.44. The van der Waals surface area contributed by atoms with Crippen molar-refractivity contribution in [3.63, 3.8) is 0 Å². The molecule has 0 saturated carbocycles. The van der Waals surface area contributed by atoms with Gasteiger partial charge in [-0.05, 0) is 147 Å². The first kappa shape index (κ1) is 37.9. The molecule has 12 heteroatoms. The second-order valence-electron chi connectivity index (χ2n) is 16.6. The largest absolute Gasteiger partial charge is 0.508 e. The van der Waals surface area contributed by atoms with E-state index in [9.17, 15) is 40.9 Å². The second kappa shape index (κ2) is 13.0. The van der Waals surface area contributed by atoms with Gasteiger partial charge in [-0.15, -0.1) is 0 Å². The summed E-state index contributed by atoms with van der Waals surface area (Å²) in [7, 11) is 0. The van der Waals surface area contributed by atoms with Crippen LogP contribution in [0, 0.1) is 0 Å². The lowest BCUT2D eigenvalue weighted by Crippen LogP contribution is -2.32. The molecule has 1 aliphatic heterocycles. The molecular weight excluding hydrogens is 761 g/mol. The highest BCUT2D eigenvalue weighted by Crippen LogP contribution is 2.50.